The van der Waals surface area contributed by atoms with Gasteiger partial charge in [-0.05, 0) is 31.0 Å². The maximum Gasteiger partial charge on any atom is 0.216 e. The highest BCUT2D eigenvalue weighted by atomic mass is 19.1. The zero-order chi connectivity index (χ0) is 17.7. The van der Waals surface area contributed by atoms with Crippen LogP contribution in [-0.2, 0) is 7.05 Å². The number of halogens is 1. The Hall–Kier alpha value is -3.19. The van der Waals surface area contributed by atoms with Gasteiger partial charge in [-0.25, -0.2) is 9.24 Å². The molecule has 0 aliphatic heterocycles. The van der Waals surface area contributed by atoms with Gasteiger partial charge in [0.2, 0.25) is 11.9 Å². The van der Waals surface area contributed by atoms with Crippen molar-refractivity contribution in [3.63, 3.8) is 0 Å². The molecule has 0 saturated heterocycles. The molecule has 2 aromatic carbocycles. The molecule has 4 rings (SSSR count). The molecule has 0 atom stereocenters. The summed E-state index contributed by atoms with van der Waals surface area (Å²) in [6, 6.07) is 11.4. The smallest absolute Gasteiger partial charge is 0.216 e. The Morgan fingerprint density at radius 2 is 1.80 bits per heavy atom. The van der Waals surface area contributed by atoms with Crippen molar-refractivity contribution in [2.24, 2.45) is 7.05 Å². The van der Waals surface area contributed by atoms with Crippen molar-refractivity contribution in [2.75, 3.05) is 0 Å². The van der Waals surface area contributed by atoms with Crippen molar-refractivity contribution in [2.45, 2.75) is 13.8 Å². The largest absolute Gasteiger partial charge is 0.456 e. The summed E-state index contributed by atoms with van der Waals surface area (Å²) in [5, 5.41) is 1.97. The van der Waals surface area contributed by atoms with Crippen molar-refractivity contribution in [3.05, 3.63) is 71.0 Å². The van der Waals surface area contributed by atoms with Crippen molar-refractivity contribution >= 4 is 27.6 Å². The van der Waals surface area contributed by atoms with Gasteiger partial charge in [0.1, 0.15) is 18.2 Å². The van der Waals surface area contributed by atoms with E-state index in [-0.39, 0.29) is 5.82 Å². The third kappa shape index (κ3) is 2.28. The minimum absolute atomic E-state index is 0.234. The Labute approximate surface area is 144 Å². The first kappa shape index (κ1) is 15.3. The lowest BCUT2D eigenvalue weighted by Gasteiger charge is -2.06. The standard InChI is InChI=1S/C21H16FN2O/c1-12-5-7-16-15-8-6-14(23-3)10-19(15)25-21(16)20(12)18-9-13(2)17(22)11-24(18)4/h5-11H,1-2,4H3/q+1. The molecule has 0 radical (unpaired) electrons. The summed E-state index contributed by atoms with van der Waals surface area (Å²) in [6.07, 6.45) is 1.49. The summed E-state index contributed by atoms with van der Waals surface area (Å²) in [4.78, 5) is 3.47. The molecule has 0 N–H and O–H groups in total. The van der Waals surface area contributed by atoms with Gasteiger partial charge in [-0.15, -0.1) is 0 Å². The average Bonchev–Trinajstić information content (AvgIpc) is 2.96. The summed E-state index contributed by atoms with van der Waals surface area (Å²) >= 11 is 0. The molecule has 0 saturated carbocycles. The van der Waals surface area contributed by atoms with Crippen LogP contribution in [0.5, 0.6) is 0 Å². The molecule has 0 bridgehead atoms. The number of furan rings is 1. The third-order valence-corrected chi connectivity index (χ3v) is 4.64. The van der Waals surface area contributed by atoms with Crippen molar-refractivity contribution in [1.29, 1.82) is 0 Å². The number of hydrogen-bond acceptors (Lipinski definition) is 1. The molecule has 122 valence electrons. The normalized spacial score (nSPS) is 11.2. The number of fused-ring (bicyclic) bond motifs is 3. The molecule has 0 unspecified atom stereocenters. The van der Waals surface area contributed by atoms with Crippen LogP contribution in [0, 0.1) is 26.2 Å². The van der Waals surface area contributed by atoms with Crippen molar-refractivity contribution < 1.29 is 13.4 Å². The van der Waals surface area contributed by atoms with Crippen molar-refractivity contribution in [3.8, 4) is 11.3 Å². The molecule has 0 fully saturated rings. The van der Waals surface area contributed by atoms with E-state index in [9.17, 15) is 4.39 Å². The van der Waals surface area contributed by atoms with Crippen LogP contribution in [0.15, 0.2) is 47.0 Å². The maximum atomic E-state index is 13.9. The van der Waals surface area contributed by atoms with E-state index in [0.29, 0.717) is 16.8 Å². The highest BCUT2D eigenvalue weighted by Crippen LogP contribution is 2.38. The summed E-state index contributed by atoms with van der Waals surface area (Å²) in [5.41, 5.74) is 5.49. The number of rotatable bonds is 1. The van der Waals surface area contributed by atoms with Crippen molar-refractivity contribution in [1.82, 2.24) is 0 Å². The SMILES string of the molecule is [C-]#[N+]c1ccc2c(c1)oc1c(-c3cc(C)c(F)c[n+]3C)c(C)ccc12. The van der Waals surface area contributed by atoms with Gasteiger partial charge in [-0.2, -0.15) is 4.57 Å². The number of aromatic nitrogens is 1. The van der Waals surface area contributed by atoms with Crippen LogP contribution in [0.4, 0.5) is 10.1 Å². The minimum atomic E-state index is -0.234. The highest BCUT2D eigenvalue weighted by molar-refractivity contribution is 6.10. The minimum Gasteiger partial charge on any atom is -0.456 e. The number of hydrogen-bond donors (Lipinski definition) is 0. The first-order valence-corrected chi connectivity index (χ1v) is 7.99. The Morgan fingerprint density at radius 1 is 1.04 bits per heavy atom. The van der Waals surface area contributed by atoms with Gasteiger partial charge in [0.25, 0.3) is 0 Å². The zero-order valence-electron chi connectivity index (χ0n) is 14.2. The predicted molar refractivity (Wildman–Crippen MR) is 96.0 cm³/mol. The fourth-order valence-corrected chi connectivity index (χ4v) is 3.28. The molecule has 0 spiro atoms. The van der Waals surface area contributed by atoms with Gasteiger partial charge < -0.3 is 4.42 Å². The van der Waals surface area contributed by atoms with E-state index in [1.807, 2.05) is 38.2 Å². The summed E-state index contributed by atoms with van der Waals surface area (Å²) < 4.78 is 21.8. The second kappa shape index (κ2) is 5.42. The first-order chi connectivity index (χ1) is 12.0. The molecule has 3 nitrogen and oxygen atoms in total. The molecule has 4 aromatic rings. The van der Waals surface area contributed by atoms with Gasteiger partial charge in [0.05, 0.1) is 12.1 Å². The second-order valence-electron chi connectivity index (χ2n) is 6.33. The fourth-order valence-electron chi connectivity index (χ4n) is 3.28. The van der Waals surface area contributed by atoms with E-state index in [4.69, 9.17) is 11.0 Å². The van der Waals surface area contributed by atoms with Crippen LogP contribution < -0.4 is 4.57 Å². The van der Waals surface area contributed by atoms with E-state index in [1.54, 1.807) is 23.6 Å². The van der Waals surface area contributed by atoms with Crippen LogP contribution >= 0.6 is 0 Å². The Balaban J connectivity index is 2.12. The first-order valence-electron chi connectivity index (χ1n) is 7.99. The molecular weight excluding hydrogens is 315 g/mol. The monoisotopic (exact) mass is 331 g/mol. The summed E-state index contributed by atoms with van der Waals surface area (Å²) in [5.74, 6) is -0.234. The number of benzene rings is 2. The van der Waals surface area contributed by atoms with Gasteiger partial charge >= 0.3 is 0 Å². The number of nitrogens with zero attached hydrogens (tertiary/aromatic N) is 2. The molecule has 4 heteroatoms. The topological polar surface area (TPSA) is 21.4 Å². The lowest BCUT2D eigenvalue weighted by atomic mass is 10.00. The molecule has 0 aliphatic carbocycles. The predicted octanol–water partition coefficient (Wildman–Crippen LogP) is 5.38. The summed E-state index contributed by atoms with van der Waals surface area (Å²) in [6.45, 7) is 11.0. The molecule has 0 amide bonds. The van der Waals surface area contributed by atoms with Gasteiger partial charge in [0.15, 0.2) is 11.5 Å². The van der Waals surface area contributed by atoms with Crippen LogP contribution in [0.3, 0.4) is 0 Å². The van der Waals surface area contributed by atoms with Crippen LogP contribution in [0.25, 0.3) is 38.0 Å². The molecule has 25 heavy (non-hydrogen) atoms. The Morgan fingerprint density at radius 3 is 2.56 bits per heavy atom. The summed E-state index contributed by atoms with van der Waals surface area (Å²) in [7, 11) is 1.83. The number of aryl methyl sites for hydroxylation is 3. The van der Waals surface area contributed by atoms with E-state index in [2.05, 4.69) is 4.85 Å². The van der Waals surface area contributed by atoms with E-state index in [0.717, 1.165) is 33.2 Å². The Bertz CT molecular complexity index is 1200. The average molecular weight is 331 g/mol. The third-order valence-electron chi connectivity index (χ3n) is 4.64. The number of pyridine rings is 1. The second-order valence-corrected chi connectivity index (χ2v) is 6.33. The maximum absolute atomic E-state index is 13.9. The molecule has 2 heterocycles. The van der Waals surface area contributed by atoms with E-state index in [1.165, 1.54) is 6.20 Å². The lowest BCUT2D eigenvalue weighted by Crippen LogP contribution is -2.31. The van der Waals surface area contributed by atoms with E-state index >= 15 is 0 Å². The van der Waals surface area contributed by atoms with Gasteiger partial charge in [0, 0.05) is 16.8 Å². The highest BCUT2D eigenvalue weighted by Gasteiger charge is 2.22. The quantitative estimate of drug-likeness (QED) is 0.339. The van der Waals surface area contributed by atoms with Crippen LogP contribution in [-0.4, -0.2) is 0 Å². The van der Waals surface area contributed by atoms with Gasteiger partial charge in [-0.1, -0.05) is 24.3 Å². The molecule has 2 aromatic heterocycles. The zero-order valence-corrected chi connectivity index (χ0v) is 14.2. The van der Waals surface area contributed by atoms with E-state index < -0.39 is 0 Å². The van der Waals surface area contributed by atoms with Gasteiger partial charge in [-0.3, -0.25) is 0 Å². The van der Waals surface area contributed by atoms with Crippen LogP contribution in [0.1, 0.15) is 11.1 Å². The fraction of sp³-hybridized carbons (Fsp3) is 0.143. The van der Waals surface area contributed by atoms with Crippen LogP contribution in [0.2, 0.25) is 0 Å². The molecular formula is C21H16FN2O+. The lowest BCUT2D eigenvalue weighted by molar-refractivity contribution is -0.662. The Kier molecular flexibility index (Phi) is 3.33. The molecule has 0 aliphatic rings.